The van der Waals surface area contributed by atoms with Crippen molar-refractivity contribution >= 4 is 88.0 Å². The molecule has 25 nitrogen and oxygen atoms in total. The maximum Gasteiger partial charge on any atom is 0.308 e. The monoisotopic (exact) mass is 1110 g/mol. The molecule has 80 heavy (non-hydrogen) atoms. The lowest BCUT2D eigenvalue weighted by Gasteiger charge is -2.25. The number of ether oxygens (including phenoxy) is 1. The topological polar surface area (TPSA) is 359 Å². The molecule has 4 aromatic carbocycles. The molecular weight excluding hydrogens is 1040 g/mol. The van der Waals surface area contributed by atoms with Gasteiger partial charge in [-0.05, 0) is 121 Å². The van der Waals surface area contributed by atoms with Crippen LogP contribution in [-0.4, -0.2) is 175 Å². The number of aldehydes is 1. The summed E-state index contributed by atoms with van der Waals surface area (Å²) >= 11 is 0. The molecule has 9 N–H and O–H groups in total. The van der Waals surface area contributed by atoms with Crippen molar-refractivity contribution in [3.8, 4) is 11.5 Å². The van der Waals surface area contributed by atoms with E-state index in [4.69, 9.17) is 14.9 Å². The third-order valence-electron chi connectivity index (χ3n) is 12.7. The first-order valence-electron chi connectivity index (χ1n) is 24.9. The number of carboxylic acid groups (broad SMARTS) is 1. The number of aryl methyl sites for hydroxylation is 2. The number of phenolic OH excluding ortho intramolecular Hbond substituents is 2. The van der Waals surface area contributed by atoms with E-state index in [1.807, 2.05) is 0 Å². The number of cyclic esters (lactones) is 1. The van der Waals surface area contributed by atoms with Crippen molar-refractivity contribution in [1.29, 1.82) is 0 Å². The molecule has 3 aliphatic heterocycles. The number of hydrogen-bond acceptors (Lipinski definition) is 18. The van der Waals surface area contributed by atoms with Crippen LogP contribution < -0.4 is 40.9 Å². The van der Waals surface area contributed by atoms with E-state index in [9.17, 15) is 68.1 Å². The highest BCUT2D eigenvalue weighted by atomic mass is 16.6. The normalized spacial score (nSPS) is 17.6. The number of ketones is 2. The molecular formula is C55H66N8O17. The van der Waals surface area contributed by atoms with Gasteiger partial charge in [0.15, 0.2) is 11.6 Å². The van der Waals surface area contributed by atoms with E-state index in [1.165, 1.54) is 47.7 Å². The molecule has 7 rings (SSSR count). The minimum absolute atomic E-state index is 0.0139. The molecule has 428 valence electrons. The molecule has 0 unspecified atom stereocenters. The standard InChI is InChI=1S/C19H24N4O6.C18H22N4O7.C10H12O2.C8H8O2/c1-11-12(7-18(27)29-11)21-16(25)9-23-15-6-4-3-5-14(15)22(17(26)10-24)8-13(20-2)19(23)28;1-19-12-7-21(16(26)10-24)13-4-2-3-5-14(13)22(18(12)29)8-15(25)20-11(9-23)6-17(27)28;1-6-4-9(8(3)11)5-7(2)10(6)12;1-6(9)7-2-4-8(10)5-3-7/h3-6,11-13,20,24H,7-10H2,1-2H3,(H,21,25);2-5,9,11-12,19,24H,6-8,10H2,1H3,(H,20,25)(H,27,28);4-5,12H,1-3H3;2-5,10H,1H3/t11-,12-,13-;11-,12-;;/m00../s1. The molecule has 0 radical (unpaired) electrons. The number of aliphatic hydroxyl groups excluding tert-OH is 2. The van der Waals surface area contributed by atoms with Crippen LogP contribution in [-0.2, 0) is 47.9 Å². The molecule has 25 heteroatoms. The van der Waals surface area contributed by atoms with Crippen LogP contribution in [0.4, 0.5) is 22.7 Å². The minimum atomic E-state index is -1.26. The first-order valence-corrected chi connectivity index (χ1v) is 24.9. The van der Waals surface area contributed by atoms with Crippen LogP contribution in [0.25, 0.3) is 0 Å². The Morgan fingerprint density at radius 2 is 1.11 bits per heavy atom. The van der Waals surface area contributed by atoms with E-state index in [2.05, 4.69) is 21.3 Å². The van der Waals surface area contributed by atoms with Gasteiger partial charge in [0.1, 0.15) is 62.3 Å². The van der Waals surface area contributed by atoms with Crippen LogP contribution in [0.5, 0.6) is 11.5 Å². The van der Waals surface area contributed by atoms with Gasteiger partial charge in [0.2, 0.25) is 23.6 Å². The molecule has 0 aliphatic carbocycles. The summed E-state index contributed by atoms with van der Waals surface area (Å²) in [5.41, 5.74) is 4.20. The van der Waals surface area contributed by atoms with Crippen molar-refractivity contribution in [2.75, 3.05) is 73.1 Å². The molecule has 1 saturated heterocycles. The molecule has 3 aliphatic rings. The van der Waals surface area contributed by atoms with Gasteiger partial charge in [0.25, 0.3) is 11.8 Å². The van der Waals surface area contributed by atoms with Crippen molar-refractivity contribution in [3.63, 3.8) is 0 Å². The number of aliphatic carboxylic acids is 1. The van der Waals surface area contributed by atoms with E-state index >= 15 is 0 Å². The summed E-state index contributed by atoms with van der Waals surface area (Å²) in [6, 6.07) is 19.4. The van der Waals surface area contributed by atoms with Crippen molar-refractivity contribution in [1.82, 2.24) is 21.3 Å². The zero-order chi connectivity index (χ0) is 59.5. The molecule has 0 aromatic heterocycles. The zero-order valence-electron chi connectivity index (χ0n) is 45.1. The molecule has 4 aromatic rings. The Hall–Kier alpha value is -8.91. The first-order chi connectivity index (χ1) is 37.9. The molecule has 3 heterocycles. The average molecular weight is 1110 g/mol. The number of carboxylic acids is 1. The van der Waals surface area contributed by atoms with E-state index in [0.717, 1.165) is 16.0 Å². The summed E-state index contributed by atoms with van der Waals surface area (Å²) in [4.78, 5) is 135. The van der Waals surface area contributed by atoms with Crippen LogP contribution in [0.1, 0.15) is 65.5 Å². The highest BCUT2D eigenvalue weighted by Crippen LogP contribution is 2.34. The number of para-hydroxylation sites is 4. The summed E-state index contributed by atoms with van der Waals surface area (Å²) in [6.45, 7) is 6.01. The van der Waals surface area contributed by atoms with E-state index in [0.29, 0.717) is 34.5 Å². The minimum Gasteiger partial charge on any atom is -0.508 e. The van der Waals surface area contributed by atoms with Gasteiger partial charge in [-0.15, -0.1) is 0 Å². The Morgan fingerprint density at radius 1 is 0.675 bits per heavy atom. The van der Waals surface area contributed by atoms with Gasteiger partial charge in [-0.2, -0.15) is 0 Å². The third-order valence-corrected chi connectivity index (χ3v) is 12.7. The number of benzene rings is 4. The number of esters is 1. The number of fused-ring (bicyclic) bond motifs is 2. The number of amides is 6. The Bertz CT molecular complexity index is 2930. The number of carbonyl (C=O) groups excluding carboxylic acids is 10. The van der Waals surface area contributed by atoms with Crippen LogP contribution in [0.3, 0.4) is 0 Å². The van der Waals surface area contributed by atoms with Gasteiger partial charge in [-0.3, -0.25) is 57.7 Å². The van der Waals surface area contributed by atoms with Crippen molar-refractivity contribution in [2.45, 2.75) is 77.7 Å². The molecule has 0 saturated carbocycles. The second-order valence-electron chi connectivity index (χ2n) is 18.4. The largest absolute Gasteiger partial charge is 0.508 e. The lowest BCUT2D eigenvalue weighted by molar-refractivity contribution is -0.141. The number of rotatable bonds is 15. The maximum atomic E-state index is 13.1. The van der Waals surface area contributed by atoms with Gasteiger partial charge in [0, 0.05) is 11.1 Å². The van der Waals surface area contributed by atoms with Crippen LogP contribution in [0.2, 0.25) is 0 Å². The quantitative estimate of drug-likeness (QED) is 0.0449. The second-order valence-corrected chi connectivity index (χ2v) is 18.4. The SMILES string of the molecule is CC(=O)c1cc(C)c(O)c(C)c1.CC(=O)c1ccc(O)cc1.CN[C@H]1CN(C(=O)CO)c2ccccc2N(CC(=O)N[C@H](C=O)CC(=O)O)C1=O.CN[C@H]1CN(C(=O)CO)c2ccccc2N(CC(=O)N[C@H]2CC(=O)O[C@H]2C)C1=O. The van der Waals surface area contributed by atoms with E-state index in [1.54, 1.807) is 101 Å². The van der Waals surface area contributed by atoms with Gasteiger partial charge in [-0.25, -0.2) is 0 Å². The fourth-order valence-corrected chi connectivity index (χ4v) is 8.39. The van der Waals surface area contributed by atoms with Crippen molar-refractivity contribution in [2.24, 2.45) is 0 Å². The lowest BCUT2D eigenvalue weighted by atomic mass is 10.0. The summed E-state index contributed by atoms with van der Waals surface area (Å²) in [5, 5.41) is 56.3. The fraction of sp³-hybridized carbons (Fsp3) is 0.364. The smallest absolute Gasteiger partial charge is 0.308 e. The van der Waals surface area contributed by atoms with Crippen molar-refractivity contribution < 1.29 is 83.0 Å². The highest BCUT2D eigenvalue weighted by molar-refractivity contribution is 6.11. The number of nitrogens with one attached hydrogen (secondary N) is 4. The number of likely N-dealkylation sites (N-methyl/N-ethyl adjacent to an activating group) is 2. The third kappa shape index (κ3) is 17.0. The first kappa shape index (κ1) is 63.6. The average Bonchev–Trinajstić information content (AvgIpc) is 3.79. The van der Waals surface area contributed by atoms with Gasteiger partial charge < -0.3 is 66.1 Å². The highest BCUT2D eigenvalue weighted by Gasteiger charge is 2.39. The summed E-state index contributed by atoms with van der Waals surface area (Å²) in [6.07, 6.45) is -0.642. The number of aromatic hydroxyl groups is 2. The molecule has 1 fully saturated rings. The molecule has 5 atom stereocenters. The Labute approximate surface area is 460 Å². The number of anilines is 4. The predicted molar refractivity (Wildman–Crippen MR) is 290 cm³/mol. The number of hydrogen-bond donors (Lipinski definition) is 9. The van der Waals surface area contributed by atoms with Crippen LogP contribution in [0, 0.1) is 13.8 Å². The number of carbonyl (C=O) groups is 11. The molecule has 6 amide bonds. The van der Waals surface area contributed by atoms with E-state index < -0.39 is 92.0 Å². The summed E-state index contributed by atoms with van der Waals surface area (Å²) in [5.74, 6) is -4.35. The Balaban J connectivity index is 0.000000252. The fourth-order valence-electron chi connectivity index (χ4n) is 8.39. The molecule has 0 spiro atoms. The summed E-state index contributed by atoms with van der Waals surface area (Å²) in [7, 11) is 3.11. The van der Waals surface area contributed by atoms with Gasteiger partial charge >= 0.3 is 11.9 Å². The van der Waals surface area contributed by atoms with E-state index in [-0.39, 0.29) is 66.7 Å². The zero-order valence-corrected chi connectivity index (χ0v) is 45.1. The van der Waals surface area contributed by atoms with Gasteiger partial charge in [0.05, 0.1) is 60.8 Å². The number of aliphatic hydroxyl groups is 2. The Kier molecular flexibility index (Phi) is 23.6. The lowest BCUT2D eigenvalue weighted by Crippen LogP contribution is -2.53. The van der Waals surface area contributed by atoms with Crippen LogP contribution >= 0.6 is 0 Å². The van der Waals surface area contributed by atoms with Gasteiger partial charge in [-0.1, -0.05) is 24.3 Å². The number of nitrogens with zero attached hydrogens (tertiary/aromatic N) is 4. The van der Waals surface area contributed by atoms with Crippen molar-refractivity contribution in [3.05, 3.63) is 107 Å². The number of phenols is 2. The summed E-state index contributed by atoms with van der Waals surface area (Å²) < 4.78 is 5.04. The number of Topliss-reactive ketones (excluding diaryl/α,β-unsaturated/α-hetero) is 2. The predicted octanol–water partition coefficient (Wildman–Crippen LogP) is 0.678. The Morgan fingerprint density at radius 3 is 1.49 bits per heavy atom. The van der Waals surface area contributed by atoms with Crippen LogP contribution in [0.15, 0.2) is 84.9 Å². The second kappa shape index (κ2) is 29.7. The molecule has 0 bridgehead atoms. The maximum absolute atomic E-state index is 13.1.